The summed E-state index contributed by atoms with van der Waals surface area (Å²) in [6.45, 7) is 12.9. The lowest BCUT2D eigenvalue weighted by Gasteiger charge is -2.00. The molecular weight excluding hydrogens is 240 g/mol. The van der Waals surface area contributed by atoms with Crippen molar-refractivity contribution in [3.63, 3.8) is 0 Å². The maximum atomic E-state index is 8.11. The Bertz CT molecular complexity index is 400. The van der Waals surface area contributed by atoms with Gasteiger partial charge >= 0.3 is 0 Å². The van der Waals surface area contributed by atoms with Crippen LogP contribution in [-0.4, -0.2) is 0 Å². The van der Waals surface area contributed by atoms with Crippen LogP contribution in [0, 0.1) is 0 Å². The first kappa shape index (κ1) is 17.0. The predicted molar refractivity (Wildman–Crippen MR) is 94.1 cm³/mol. The third-order valence-corrected chi connectivity index (χ3v) is 3.19. The van der Waals surface area contributed by atoms with Crippen molar-refractivity contribution >= 4 is 0 Å². The summed E-state index contributed by atoms with van der Waals surface area (Å²) in [5.41, 5.74) is 5.50. The highest BCUT2D eigenvalue weighted by Gasteiger charge is 1.91. The van der Waals surface area contributed by atoms with Crippen molar-refractivity contribution < 1.29 is 1.37 Å². The fourth-order valence-corrected chi connectivity index (χ4v) is 1.90. The van der Waals surface area contributed by atoms with Crippen molar-refractivity contribution in [2.24, 2.45) is 0 Å². The Morgan fingerprint density at radius 2 is 1.10 bits per heavy atom. The van der Waals surface area contributed by atoms with E-state index in [4.69, 9.17) is 1.37 Å². The highest BCUT2D eigenvalue weighted by atomic mass is 14.0. The average Bonchev–Trinajstić information content (AvgIpc) is 2.35. The first-order chi connectivity index (χ1) is 9.81. The van der Waals surface area contributed by atoms with Gasteiger partial charge in [-0.25, -0.2) is 0 Å². The highest BCUT2D eigenvalue weighted by Crippen LogP contribution is 2.11. The smallest absolute Gasteiger partial charge is 0.0313 e. The van der Waals surface area contributed by atoms with Crippen LogP contribution >= 0.6 is 0 Å². The number of hydrogen-bond donors (Lipinski definition) is 0. The fourth-order valence-electron chi connectivity index (χ4n) is 1.90. The largest absolute Gasteiger partial charge is 0.0856 e. The van der Waals surface area contributed by atoms with E-state index in [1.54, 1.807) is 0 Å². The van der Waals surface area contributed by atoms with Crippen molar-refractivity contribution in [2.45, 2.75) is 80.0 Å². The van der Waals surface area contributed by atoms with Crippen LogP contribution in [0.25, 0.3) is 0 Å². The van der Waals surface area contributed by atoms with Gasteiger partial charge in [-0.05, 0) is 80.0 Å². The van der Waals surface area contributed by atoms with Gasteiger partial charge in [-0.1, -0.05) is 46.6 Å². The molecule has 0 amide bonds. The van der Waals surface area contributed by atoms with Gasteiger partial charge in [0.25, 0.3) is 0 Å². The second-order valence-corrected chi connectivity index (χ2v) is 6.18. The van der Waals surface area contributed by atoms with E-state index in [1.165, 1.54) is 22.3 Å². The van der Waals surface area contributed by atoms with Gasteiger partial charge in [0.15, 0.2) is 0 Å². The summed E-state index contributed by atoms with van der Waals surface area (Å²) in [6, 6.07) is 0. The molecule has 0 aliphatic heterocycles. The zero-order valence-electron chi connectivity index (χ0n) is 15.4. The maximum Gasteiger partial charge on any atom is 0.0313 e. The van der Waals surface area contributed by atoms with Crippen LogP contribution in [0.15, 0.2) is 46.6 Å². The van der Waals surface area contributed by atoms with Crippen molar-refractivity contribution in [1.29, 1.82) is 0 Å². The highest BCUT2D eigenvalue weighted by molar-refractivity contribution is 5.05. The molecule has 20 heavy (non-hydrogen) atoms. The Kier molecular flexibility index (Phi) is 10.0. The molecule has 1 atom stereocenters. The quantitative estimate of drug-likeness (QED) is 0.392. The van der Waals surface area contributed by atoms with Crippen LogP contribution in [0.2, 0.25) is 0 Å². The Morgan fingerprint density at radius 1 is 0.650 bits per heavy atom. The molecule has 0 rings (SSSR count). The molecular formula is C20H34. The summed E-state index contributed by atoms with van der Waals surface area (Å²) in [7, 11) is 0. The van der Waals surface area contributed by atoms with E-state index in [1.807, 2.05) is 0 Å². The van der Waals surface area contributed by atoms with E-state index in [9.17, 15) is 0 Å². The Labute approximate surface area is 128 Å². The first-order valence-corrected chi connectivity index (χ1v) is 7.83. The molecule has 0 saturated heterocycles. The van der Waals surface area contributed by atoms with E-state index >= 15 is 0 Å². The number of allylic oxidation sites excluding steroid dienone is 8. The molecule has 0 aromatic rings. The molecule has 0 aliphatic carbocycles. The zero-order valence-corrected chi connectivity index (χ0v) is 14.4. The van der Waals surface area contributed by atoms with Crippen molar-refractivity contribution in [3.05, 3.63) is 46.6 Å². The second kappa shape index (κ2) is 11.8. The van der Waals surface area contributed by atoms with Gasteiger partial charge in [-0.3, -0.25) is 0 Å². The molecule has 114 valence electrons. The molecule has 0 nitrogen and oxygen atoms in total. The van der Waals surface area contributed by atoms with E-state index in [0.717, 1.165) is 32.1 Å². The van der Waals surface area contributed by atoms with Crippen LogP contribution < -0.4 is 0 Å². The molecule has 0 spiro atoms. The summed E-state index contributed by atoms with van der Waals surface area (Å²) in [5, 5.41) is 0. The third kappa shape index (κ3) is 13.4. The number of hydrogen-bond acceptors (Lipinski definition) is 0. The predicted octanol–water partition coefficient (Wildman–Crippen LogP) is 7.15. The molecule has 0 heterocycles. The lowest BCUT2D eigenvalue weighted by molar-refractivity contribution is 0.916. The fraction of sp³-hybridized carbons (Fsp3) is 0.600. The van der Waals surface area contributed by atoms with Crippen LogP contribution in [0.4, 0.5) is 0 Å². The Morgan fingerprint density at radius 3 is 1.55 bits per heavy atom. The molecule has 0 N–H and O–H groups in total. The standard InChI is InChI=1S/C20H34/c1-17(2)11-9-15-19(5)13-7-8-14-20(6)16-10-12-18(3)4/h11-14H,7-10,15-16H2,1-6H3/b19-13+,20-14?/i7D/b19-13?,20-14+. The van der Waals surface area contributed by atoms with Gasteiger partial charge in [-0.2, -0.15) is 0 Å². The topological polar surface area (TPSA) is 0 Å². The SMILES string of the molecule is [2H]C(C=C(C)CCC=C(C)C)C/C=C(\C)CCC=C(C)C. The Balaban J connectivity index is 4.14. The molecule has 0 aromatic carbocycles. The van der Waals surface area contributed by atoms with Crippen LogP contribution in [-0.2, 0) is 0 Å². The summed E-state index contributed by atoms with van der Waals surface area (Å²) in [5.74, 6) is 0. The van der Waals surface area contributed by atoms with Crippen molar-refractivity contribution in [1.82, 2.24) is 0 Å². The van der Waals surface area contributed by atoms with Gasteiger partial charge in [0.1, 0.15) is 0 Å². The average molecular weight is 275 g/mol. The van der Waals surface area contributed by atoms with Gasteiger partial charge < -0.3 is 0 Å². The summed E-state index contributed by atoms with van der Waals surface area (Å²) in [6.07, 6.45) is 14.0. The van der Waals surface area contributed by atoms with E-state index in [2.05, 4.69) is 65.8 Å². The summed E-state index contributed by atoms with van der Waals surface area (Å²) in [4.78, 5) is 0. The molecule has 0 fully saturated rings. The molecule has 1 unspecified atom stereocenters. The Hall–Kier alpha value is -1.04. The zero-order chi connectivity index (χ0) is 16.3. The molecule has 0 aromatic heterocycles. The molecule has 0 heteroatoms. The minimum atomic E-state index is -0.102. The van der Waals surface area contributed by atoms with E-state index < -0.39 is 0 Å². The van der Waals surface area contributed by atoms with Crippen molar-refractivity contribution in [3.8, 4) is 0 Å². The monoisotopic (exact) mass is 275 g/mol. The normalized spacial score (nSPS) is 14.6. The van der Waals surface area contributed by atoms with Crippen molar-refractivity contribution in [2.75, 3.05) is 0 Å². The van der Waals surface area contributed by atoms with Gasteiger partial charge in [0.05, 0.1) is 0 Å². The van der Waals surface area contributed by atoms with Crippen LogP contribution in [0.1, 0.15) is 81.4 Å². The molecule has 0 bridgehead atoms. The third-order valence-electron chi connectivity index (χ3n) is 3.19. The maximum absolute atomic E-state index is 8.11. The lowest BCUT2D eigenvalue weighted by Crippen LogP contribution is -1.80. The van der Waals surface area contributed by atoms with Crippen LogP contribution in [0.5, 0.6) is 0 Å². The molecule has 0 aliphatic rings. The second-order valence-electron chi connectivity index (χ2n) is 6.18. The van der Waals surface area contributed by atoms with Gasteiger partial charge in [0, 0.05) is 1.37 Å². The summed E-state index contributed by atoms with van der Waals surface area (Å²) < 4.78 is 8.11. The van der Waals surface area contributed by atoms with Gasteiger partial charge in [0.2, 0.25) is 0 Å². The number of rotatable bonds is 9. The minimum absolute atomic E-state index is 0.102. The molecule has 0 saturated carbocycles. The lowest BCUT2D eigenvalue weighted by atomic mass is 10.1. The van der Waals surface area contributed by atoms with E-state index in [-0.39, 0.29) is 6.40 Å². The minimum Gasteiger partial charge on any atom is -0.0856 e. The van der Waals surface area contributed by atoms with E-state index in [0.29, 0.717) is 0 Å². The summed E-state index contributed by atoms with van der Waals surface area (Å²) >= 11 is 0. The molecule has 0 radical (unpaired) electrons. The van der Waals surface area contributed by atoms with Gasteiger partial charge in [-0.15, -0.1) is 0 Å². The first-order valence-electron chi connectivity index (χ1n) is 8.41. The van der Waals surface area contributed by atoms with Crippen LogP contribution in [0.3, 0.4) is 0 Å².